The number of benzene rings is 1. The predicted octanol–water partition coefficient (Wildman–Crippen LogP) is 3.81. The number of halogens is 3. The Morgan fingerprint density at radius 3 is 2.69 bits per heavy atom. The van der Waals surface area contributed by atoms with Crippen LogP contribution in [0.25, 0.3) is 10.9 Å². The molecule has 1 fully saturated rings. The number of pyridine rings is 1. The van der Waals surface area contributed by atoms with Crippen molar-refractivity contribution in [3.05, 3.63) is 47.3 Å². The molecule has 4 rings (SSSR count). The zero-order chi connectivity index (χ0) is 18.5. The van der Waals surface area contributed by atoms with Crippen molar-refractivity contribution in [3.63, 3.8) is 0 Å². The van der Waals surface area contributed by atoms with E-state index in [1.165, 1.54) is 18.2 Å². The van der Waals surface area contributed by atoms with E-state index in [2.05, 4.69) is 20.5 Å². The molecule has 6 nitrogen and oxygen atoms in total. The summed E-state index contributed by atoms with van der Waals surface area (Å²) in [5.41, 5.74) is -0.431. The van der Waals surface area contributed by atoms with E-state index in [1.54, 1.807) is 6.07 Å². The highest BCUT2D eigenvalue weighted by Crippen LogP contribution is 2.40. The standard InChI is InChI=1S/C17H13F3N4O2/c18-17(19,20)14-6-9(5-12(21-14)8-1-2-8)16(26)22-15-11-4-3-10(25)7-13(11)23-24-15/h3-8,25H,1-2H2,(H2,22,23,24,26). The highest BCUT2D eigenvalue weighted by atomic mass is 19.4. The Hall–Kier alpha value is -3.10. The summed E-state index contributed by atoms with van der Waals surface area (Å²) >= 11 is 0. The average Bonchev–Trinajstić information content (AvgIpc) is 3.37. The minimum atomic E-state index is -4.63. The van der Waals surface area contributed by atoms with Gasteiger partial charge in [0.2, 0.25) is 0 Å². The first-order valence-corrected chi connectivity index (χ1v) is 7.89. The quantitative estimate of drug-likeness (QED) is 0.661. The van der Waals surface area contributed by atoms with Gasteiger partial charge in [0, 0.05) is 28.6 Å². The minimum absolute atomic E-state index is 0.0251. The molecule has 0 unspecified atom stereocenters. The number of aromatic amines is 1. The summed E-state index contributed by atoms with van der Waals surface area (Å²) in [5.74, 6) is -0.542. The van der Waals surface area contributed by atoms with Crippen LogP contribution in [0.15, 0.2) is 30.3 Å². The molecule has 1 amide bonds. The third-order valence-corrected chi connectivity index (χ3v) is 4.17. The minimum Gasteiger partial charge on any atom is -0.508 e. The zero-order valence-corrected chi connectivity index (χ0v) is 13.3. The first kappa shape index (κ1) is 16.4. The highest BCUT2D eigenvalue weighted by molar-refractivity contribution is 6.08. The van der Waals surface area contributed by atoms with E-state index < -0.39 is 17.8 Å². The molecular formula is C17H13F3N4O2. The maximum Gasteiger partial charge on any atom is 0.433 e. The number of phenols is 1. The molecule has 0 aliphatic heterocycles. The van der Waals surface area contributed by atoms with E-state index in [1.807, 2.05) is 0 Å². The molecule has 134 valence electrons. The van der Waals surface area contributed by atoms with Crippen LogP contribution in [0, 0.1) is 0 Å². The van der Waals surface area contributed by atoms with Crippen LogP contribution in [0.4, 0.5) is 19.0 Å². The maximum absolute atomic E-state index is 13.1. The van der Waals surface area contributed by atoms with Crippen LogP contribution >= 0.6 is 0 Å². The summed E-state index contributed by atoms with van der Waals surface area (Å²) in [6, 6.07) is 6.53. The SMILES string of the molecule is O=C(Nc1n[nH]c2cc(O)ccc12)c1cc(C2CC2)nc(C(F)(F)F)c1. The first-order chi connectivity index (χ1) is 12.3. The van der Waals surface area contributed by atoms with Crippen molar-refractivity contribution < 1.29 is 23.1 Å². The number of alkyl halides is 3. The van der Waals surface area contributed by atoms with Crippen LogP contribution in [0.1, 0.15) is 40.5 Å². The van der Waals surface area contributed by atoms with Crippen molar-refractivity contribution in [1.29, 1.82) is 0 Å². The van der Waals surface area contributed by atoms with Gasteiger partial charge in [-0.15, -0.1) is 0 Å². The fourth-order valence-corrected chi connectivity index (χ4v) is 2.70. The molecule has 1 aromatic carbocycles. The van der Waals surface area contributed by atoms with E-state index >= 15 is 0 Å². The first-order valence-electron chi connectivity index (χ1n) is 7.89. The number of H-pyrrole nitrogens is 1. The predicted molar refractivity (Wildman–Crippen MR) is 86.9 cm³/mol. The van der Waals surface area contributed by atoms with Gasteiger partial charge in [0.15, 0.2) is 5.82 Å². The Labute approximate surface area is 145 Å². The number of rotatable bonds is 3. The molecule has 0 spiro atoms. The van der Waals surface area contributed by atoms with Gasteiger partial charge in [0.1, 0.15) is 11.4 Å². The monoisotopic (exact) mass is 362 g/mol. The molecule has 2 heterocycles. The number of carbonyl (C=O) groups is 1. The van der Waals surface area contributed by atoms with Crippen molar-refractivity contribution in [1.82, 2.24) is 15.2 Å². The maximum atomic E-state index is 13.1. The lowest BCUT2D eigenvalue weighted by molar-refractivity contribution is -0.141. The van der Waals surface area contributed by atoms with Gasteiger partial charge in [-0.1, -0.05) is 0 Å². The molecule has 0 atom stereocenters. The third-order valence-electron chi connectivity index (χ3n) is 4.17. The molecule has 26 heavy (non-hydrogen) atoms. The smallest absolute Gasteiger partial charge is 0.433 e. The number of nitrogens with one attached hydrogen (secondary N) is 2. The number of amides is 1. The van der Waals surface area contributed by atoms with Crippen LogP contribution in [-0.4, -0.2) is 26.2 Å². The van der Waals surface area contributed by atoms with Crippen molar-refractivity contribution in [2.24, 2.45) is 0 Å². The molecule has 0 bridgehead atoms. The number of aromatic hydroxyl groups is 1. The molecule has 9 heteroatoms. The number of hydrogen-bond donors (Lipinski definition) is 3. The summed E-state index contributed by atoms with van der Waals surface area (Å²) in [6.07, 6.45) is -3.10. The normalized spacial score (nSPS) is 14.6. The number of carbonyl (C=O) groups excluding carboxylic acids is 1. The number of nitrogens with zero attached hydrogens (tertiary/aromatic N) is 2. The van der Waals surface area contributed by atoms with Gasteiger partial charge < -0.3 is 10.4 Å². The van der Waals surface area contributed by atoms with E-state index in [-0.39, 0.29) is 28.7 Å². The summed E-state index contributed by atoms with van der Waals surface area (Å²) in [6.45, 7) is 0. The van der Waals surface area contributed by atoms with Crippen LogP contribution in [0.5, 0.6) is 5.75 Å². The molecular weight excluding hydrogens is 349 g/mol. The van der Waals surface area contributed by atoms with Crippen LogP contribution in [-0.2, 0) is 6.18 Å². The van der Waals surface area contributed by atoms with Crippen molar-refractivity contribution in [2.45, 2.75) is 24.9 Å². The van der Waals surface area contributed by atoms with Gasteiger partial charge in [0.05, 0.1) is 5.52 Å². The van der Waals surface area contributed by atoms with Crippen molar-refractivity contribution in [2.75, 3.05) is 5.32 Å². The molecule has 0 radical (unpaired) electrons. The lowest BCUT2D eigenvalue weighted by Crippen LogP contribution is -2.16. The van der Waals surface area contributed by atoms with E-state index in [0.29, 0.717) is 10.9 Å². The molecule has 1 aliphatic carbocycles. The number of phenolic OH excluding ortho intramolecular Hbond substituents is 1. The molecule has 0 saturated heterocycles. The van der Waals surface area contributed by atoms with Crippen LogP contribution < -0.4 is 5.32 Å². The summed E-state index contributed by atoms with van der Waals surface area (Å²) in [5, 5.41) is 19.1. The molecule has 3 aromatic rings. The Morgan fingerprint density at radius 2 is 2.00 bits per heavy atom. The molecule has 1 saturated carbocycles. The van der Waals surface area contributed by atoms with E-state index in [9.17, 15) is 23.1 Å². The Bertz CT molecular complexity index is 1010. The fraction of sp³-hybridized carbons (Fsp3) is 0.235. The highest BCUT2D eigenvalue weighted by Gasteiger charge is 2.36. The molecule has 2 aromatic heterocycles. The van der Waals surface area contributed by atoms with E-state index in [0.717, 1.165) is 18.9 Å². The largest absolute Gasteiger partial charge is 0.508 e. The topological polar surface area (TPSA) is 90.9 Å². The Balaban J connectivity index is 1.68. The number of aromatic nitrogens is 3. The van der Waals surface area contributed by atoms with Gasteiger partial charge in [0.25, 0.3) is 5.91 Å². The average molecular weight is 362 g/mol. The second kappa shape index (κ2) is 5.72. The van der Waals surface area contributed by atoms with Gasteiger partial charge in [-0.25, -0.2) is 4.98 Å². The molecule has 3 N–H and O–H groups in total. The van der Waals surface area contributed by atoms with Crippen LogP contribution in [0.3, 0.4) is 0 Å². The zero-order valence-electron chi connectivity index (χ0n) is 13.3. The van der Waals surface area contributed by atoms with Gasteiger partial charge in [-0.3, -0.25) is 9.89 Å². The van der Waals surface area contributed by atoms with Gasteiger partial charge in [-0.05, 0) is 37.1 Å². The Kier molecular flexibility index (Phi) is 3.60. The van der Waals surface area contributed by atoms with Crippen molar-refractivity contribution in [3.8, 4) is 5.75 Å². The lowest BCUT2D eigenvalue weighted by Gasteiger charge is -2.11. The second-order valence-corrected chi connectivity index (χ2v) is 6.19. The number of fused-ring (bicyclic) bond motifs is 1. The fourth-order valence-electron chi connectivity index (χ4n) is 2.70. The van der Waals surface area contributed by atoms with Gasteiger partial charge in [-0.2, -0.15) is 18.3 Å². The van der Waals surface area contributed by atoms with Gasteiger partial charge >= 0.3 is 6.18 Å². The number of hydrogen-bond acceptors (Lipinski definition) is 4. The van der Waals surface area contributed by atoms with E-state index in [4.69, 9.17) is 0 Å². The summed E-state index contributed by atoms with van der Waals surface area (Å²) in [7, 11) is 0. The number of anilines is 1. The molecule has 1 aliphatic rings. The lowest BCUT2D eigenvalue weighted by atomic mass is 10.1. The summed E-state index contributed by atoms with van der Waals surface area (Å²) < 4.78 is 39.2. The summed E-state index contributed by atoms with van der Waals surface area (Å²) in [4.78, 5) is 16.1. The second-order valence-electron chi connectivity index (χ2n) is 6.19. The van der Waals surface area contributed by atoms with Crippen molar-refractivity contribution >= 4 is 22.6 Å². The third kappa shape index (κ3) is 3.07. The Morgan fingerprint density at radius 1 is 1.23 bits per heavy atom. The van der Waals surface area contributed by atoms with Crippen LogP contribution in [0.2, 0.25) is 0 Å².